The minimum Gasteiger partial charge on any atom is -0.356 e. The number of carbonyl (C=O) groups excluding carboxylic acids is 1. The van der Waals surface area contributed by atoms with E-state index < -0.39 is 10.0 Å². The van der Waals surface area contributed by atoms with Crippen LogP contribution < -0.4 is 15.4 Å². The van der Waals surface area contributed by atoms with E-state index in [9.17, 15) is 13.2 Å². The van der Waals surface area contributed by atoms with Gasteiger partial charge in [-0.3, -0.25) is 4.79 Å². The Labute approximate surface area is 176 Å². The first-order valence-electron chi connectivity index (χ1n) is 9.96. The number of primary sulfonamides is 1. The Morgan fingerprint density at radius 3 is 2.47 bits per heavy atom. The van der Waals surface area contributed by atoms with Gasteiger partial charge in [-0.25, -0.2) is 18.5 Å². The molecule has 0 unspecified atom stereocenters. The van der Waals surface area contributed by atoms with Gasteiger partial charge in [0.1, 0.15) is 5.82 Å². The number of aromatic nitrogens is 1. The molecule has 2 aromatic carbocycles. The Kier molecular flexibility index (Phi) is 5.69. The number of rotatable bonds is 6. The third-order valence-corrected chi connectivity index (χ3v) is 6.23. The Bertz CT molecular complexity index is 1170. The molecule has 0 atom stereocenters. The van der Waals surface area contributed by atoms with Crippen molar-refractivity contribution in [2.75, 3.05) is 24.5 Å². The maximum atomic E-state index is 13.0. The van der Waals surface area contributed by atoms with Crippen LogP contribution in [0.15, 0.2) is 59.5 Å². The molecule has 4 rings (SSSR count). The van der Waals surface area contributed by atoms with Crippen molar-refractivity contribution in [2.24, 2.45) is 5.14 Å². The van der Waals surface area contributed by atoms with Crippen LogP contribution in [0, 0.1) is 0 Å². The molecule has 156 valence electrons. The summed E-state index contributed by atoms with van der Waals surface area (Å²) >= 11 is 0. The number of anilines is 1. The number of amides is 1. The molecular weight excluding hydrogens is 400 g/mol. The van der Waals surface area contributed by atoms with E-state index >= 15 is 0 Å². The zero-order valence-electron chi connectivity index (χ0n) is 16.5. The maximum Gasteiger partial charge on any atom is 0.255 e. The van der Waals surface area contributed by atoms with Gasteiger partial charge >= 0.3 is 0 Å². The summed E-state index contributed by atoms with van der Waals surface area (Å²) in [5.74, 6) is 0.581. The van der Waals surface area contributed by atoms with Gasteiger partial charge in [-0.1, -0.05) is 30.3 Å². The third-order valence-electron chi connectivity index (χ3n) is 5.31. The Balaban J connectivity index is 1.49. The molecule has 0 saturated carbocycles. The fraction of sp³-hybridized carbons (Fsp3) is 0.273. The first kappa shape index (κ1) is 20.3. The van der Waals surface area contributed by atoms with E-state index in [1.54, 1.807) is 12.1 Å². The van der Waals surface area contributed by atoms with Crippen molar-refractivity contribution >= 4 is 32.7 Å². The quantitative estimate of drug-likeness (QED) is 0.632. The molecule has 0 radical (unpaired) electrons. The monoisotopic (exact) mass is 424 g/mol. The number of hydrogen-bond acceptors (Lipinski definition) is 5. The minimum absolute atomic E-state index is 0.0766. The number of para-hydroxylation sites is 1. The van der Waals surface area contributed by atoms with Crippen molar-refractivity contribution in [3.05, 3.63) is 65.7 Å². The number of fused-ring (bicyclic) bond motifs is 1. The summed E-state index contributed by atoms with van der Waals surface area (Å²) in [5, 5.41) is 9.03. The molecule has 1 aliphatic heterocycles. The Hall–Kier alpha value is -2.97. The predicted octanol–water partition coefficient (Wildman–Crippen LogP) is 2.45. The fourth-order valence-corrected chi connectivity index (χ4v) is 4.22. The van der Waals surface area contributed by atoms with Gasteiger partial charge in [-0.2, -0.15) is 0 Å². The van der Waals surface area contributed by atoms with Gasteiger partial charge in [0, 0.05) is 25.0 Å². The van der Waals surface area contributed by atoms with E-state index in [1.165, 1.54) is 12.1 Å². The minimum atomic E-state index is -3.70. The number of carbonyl (C=O) groups is 1. The molecule has 1 fully saturated rings. The number of nitrogens with zero attached hydrogens (tertiary/aromatic N) is 2. The van der Waals surface area contributed by atoms with Crippen LogP contribution in [-0.4, -0.2) is 38.9 Å². The topological polar surface area (TPSA) is 105 Å². The van der Waals surface area contributed by atoms with Gasteiger partial charge in [0.2, 0.25) is 10.0 Å². The molecular formula is C22H24N4O3S. The first-order valence-corrected chi connectivity index (χ1v) is 11.5. The van der Waals surface area contributed by atoms with Crippen LogP contribution >= 0.6 is 0 Å². The standard InChI is InChI=1S/C22H24N4O3S/c23-30(28,29)18-9-7-16(8-10-18)11-12-24-22(27)19-15-17-5-1-2-6-20(17)25-21(19)26-13-3-4-14-26/h1-2,5-10,15H,3-4,11-14H2,(H,24,27)(H2,23,28,29). The number of hydrogen-bond donors (Lipinski definition) is 2. The van der Waals surface area contributed by atoms with Crippen molar-refractivity contribution in [1.29, 1.82) is 0 Å². The van der Waals surface area contributed by atoms with Gasteiger partial charge in [-0.05, 0) is 49.1 Å². The van der Waals surface area contributed by atoms with Gasteiger partial charge in [0.25, 0.3) is 5.91 Å². The highest BCUT2D eigenvalue weighted by atomic mass is 32.2. The van der Waals surface area contributed by atoms with Crippen molar-refractivity contribution in [2.45, 2.75) is 24.2 Å². The van der Waals surface area contributed by atoms with E-state index in [4.69, 9.17) is 10.1 Å². The molecule has 0 spiro atoms. The van der Waals surface area contributed by atoms with Gasteiger partial charge in [-0.15, -0.1) is 0 Å². The van der Waals surface area contributed by atoms with Crippen LogP contribution in [0.4, 0.5) is 5.82 Å². The lowest BCUT2D eigenvalue weighted by Gasteiger charge is -2.20. The molecule has 0 aliphatic carbocycles. The maximum absolute atomic E-state index is 13.0. The lowest BCUT2D eigenvalue weighted by atomic mass is 10.1. The van der Waals surface area contributed by atoms with E-state index in [2.05, 4.69) is 10.2 Å². The summed E-state index contributed by atoms with van der Waals surface area (Å²) in [6, 6.07) is 16.1. The molecule has 2 heterocycles. The number of benzene rings is 2. The summed E-state index contributed by atoms with van der Waals surface area (Å²) in [5.41, 5.74) is 2.38. The summed E-state index contributed by atoms with van der Waals surface area (Å²) in [6.45, 7) is 2.24. The van der Waals surface area contributed by atoms with E-state index in [-0.39, 0.29) is 10.8 Å². The molecule has 1 saturated heterocycles. The summed E-state index contributed by atoms with van der Waals surface area (Å²) in [7, 11) is -3.70. The number of sulfonamides is 1. The lowest BCUT2D eigenvalue weighted by molar-refractivity contribution is 0.0954. The molecule has 30 heavy (non-hydrogen) atoms. The second kappa shape index (κ2) is 8.41. The van der Waals surface area contributed by atoms with Gasteiger partial charge in [0.15, 0.2) is 0 Å². The summed E-state index contributed by atoms with van der Waals surface area (Å²) < 4.78 is 22.7. The van der Waals surface area contributed by atoms with E-state index in [0.717, 1.165) is 48.2 Å². The zero-order valence-corrected chi connectivity index (χ0v) is 17.4. The average molecular weight is 425 g/mol. The SMILES string of the molecule is NS(=O)(=O)c1ccc(CCNC(=O)c2cc3ccccc3nc2N2CCCC2)cc1. The average Bonchev–Trinajstić information content (AvgIpc) is 3.27. The number of pyridine rings is 1. The molecule has 7 nitrogen and oxygen atoms in total. The Morgan fingerprint density at radius 2 is 1.77 bits per heavy atom. The van der Waals surface area contributed by atoms with Crippen molar-refractivity contribution in [1.82, 2.24) is 10.3 Å². The van der Waals surface area contributed by atoms with Gasteiger partial charge in [0.05, 0.1) is 16.0 Å². The summed E-state index contributed by atoms with van der Waals surface area (Å²) in [6.07, 6.45) is 2.78. The van der Waals surface area contributed by atoms with Gasteiger partial charge < -0.3 is 10.2 Å². The summed E-state index contributed by atoms with van der Waals surface area (Å²) in [4.78, 5) is 20.0. The van der Waals surface area contributed by atoms with Crippen LogP contribution in [0.25, 0.3) is 10.9 Å². The highest BCUT2D eigenvalue weighted by Gasteiger charge is 2.22. The Morgan fingerprint density at radius 1 is 1.07 bits per heavy atom. The highest BCUT2D eigenvalue weighted by molar-refractivity contribution is 7.89. The van der Waals surface area contributed by atoms with Crippen LogP contribution in [0.2, 0.25) is 0 Å². The van der Waals surface area contributed by atoms with E-state index in [0.29, 0.717) is 18.5 Å². The largest absolute Gasteiger partial charge is 0.356 e. The fourth-order valence-electron chi connectivity index (χ4n) is 3.70. The molecule has 1 aromatic heterocycles. The predicted molar refractivity (Wildman–Crippen MR) is 117 cm³/mol. The van der Waals surface area contributed by atoms with Crippen LogP contribution in [-0.2, 0) is 16.4 Å². The molecule has 1 aliphatic rings. The van der Waals surface area contributed by atoms with Crippen LogP contribution in [0.1, 0.15) is 28.8 Å². The smallest absolute Gasteiger partial charge is 0.255 e. The van der Waals surface area contributed by atoms with E-state index in [1.807, 2.05) is 30.3 Å². The first-order chi connectivity index (χ1) is 14.4. The molecule has 1 amide bonds. The molecule has 3 aromatic rings. The van der Waals surface area contributed by atoms with Crippen molar-refractivity contribution < 1.29 is 13.2 Å². The van der Waals surface area contributed by atoms with Crippen molar-refractivity contribution in [3.63, 3.8) is 0 Å². The third kappa shape index (κ3) is 4.44. The zero-order chi connectivity index (χ0) is 21.1. The highest BCUT2D eigenvalue weighted by Crippen LogP contribution is 2.26. The molecule has 0 bridgehead atoms. The van der Waals surface area contributed by atoms with Crippen LogP contribution in [0.3, 0.4) is 0 Å². The van der Waals surface area contributed by atoms with Crippen molar-refractivity contribution in [3.8, 4) is 0 Å². The second-order valence-electron chi connectivity index (χ2n) is 7.44. The number of nitrogens with one attached hydrogen (secondary N) is 1. The molecule has 3 N–H and O–H groups in total. The lowest BCUT2D eigenvalue weighted by Crippen LogP contribution is -2.29. The number of nitrogens with two attached hydrogens (primary N) is 1. The molecule has 8 heteroatoms. The van der Waals surface area contributed by atoms with Crippen LogP contribution in [0.5, 0.6) is 0 Å². The normalized spacial score (nSPS) is 14.2. The second-order valence-corrected chi connectivity index (χ2v) is 9.00.